The van der Waals surface area contributed by atoms with Crippen molar-refractivity contribution in [2.75, 3.05) is 7.11 Å². The quantitative estimate of drug-likeness (QED) is 0.828. The van der Waals surface area contributed by atoms with E-state index in [9.17, 15) is 0 Å². The molecule has 0 fully saturated rings. The van der Waals surface area contributed by atoms with E-state index in [1.54, 1.807) is 7.11 Å². The van der Waals surface area contributed by atoms with Crippen molar-refractivity contribution in [2.45, 2.75) is 33.4 Å². The van der Waals surface area contributed by atoms with Gasteiger partial charge in [0.05, 0.1) is 11.6 Å². The predicted molar refractivity (Wildman–Crippen MR) is 91.9 cm³/mol. The molecule has 112 valence electrons. The van der Waals surface area contributed by atoms with Gasteiger partial charge in [0.15, 0.2) is 0 Å². The summed E-state index contributed by atoms with van der Waals surface area (Å²) < 4.78 is 6.25. The molecule has 21 heavy (non-hydrogen) atoms. The molecular formula is C18H22BrNO. The second-order valence-corrected chi connectivity index (χ2v) is 6.29. The summed E-state index contributed by atoms with van der Waals surface area (Å²) in [5, 5.41) is 3.59. The Bertz CT molecular complexity index is 625. The number of nitrogens with one attached hydrogen (secondary N) is 1. The molecule has 2 rings (SSSR count). The number of ether oxygens (including phenoxy) is 1. The number of aryl methyl sites for hydroxylation is 2. The Hall–Kier alpha value is -1.32. The molecule has 0 aliphatic rings. The molecule has 2 aromatic rings. The highest BCUT2D eigenvalue weighted by atomic mass is 79.9. The number of halogens is 1. The Labute approximate surface area is 135 Å². The molecule has 0 heterocycles. The summed E-state index contributed by atoms with van der Waals surface area (Å²) in [6.45, 7) is 7.34. The monoisotopic (exact) mass is 347 g/mol. The van der Waals surface area contributed by atoms with Crippen LogP contribution in [-0.4, -0.2) is 7.11 Å². The van der Waals surface area contributed by atoms with E-state index in [0.717, 1.165) is 16.8 Å². The number of hydrogen-bond acceptors (Lipinski definition) is 2. The Morgan fingerprint density at radius 2 is 1.90 bits per heavy atom. The minimum Gasteiger partial charge on any atom is -0.496 e. The Morgan fingerprint density at radius 1 is 1.14 bits per heavy atom. The first-order valence-electron chi connectivity index (χ1n) is 7.14. The molecule has 0 amide bonds. The first-order valence-corrected chi connectivity index (χ1v) is 7.93. The molecule has 2 aromatic carbocycles. The van der Waals surface area contributed by atoms with E-state index < -0.39 is 0 Å². The van der Waals surface area contributed by atoms with Crippen LogP contribution in [0.2, 0.25) is 0 Å². The molecule has 0 bridgehead atoms. The molecule has 0 saturated carbocycles. The normalized spacial score (nSPS) is 12.2. The van der Waals surface area contributed by atoms with Gasteiger partial charge in [-0.1, -0.05) is 29.8 Å². The fourth-order valence-corrected chi connectivity index (χ4v) is 3.02. The topological polar surface area (TPSA) is 21.3 Å². The van der Waals surface area contributed by atoms with Gasteiger partial charge in [0.1, 0.15) is 5.75 Å². The van der Waals surface area contributed by atoms with Crippen LogP contribution in [0.3, 0.4) is 0 Å². The average Bonchev–Trinajstić information content (AvgIpc) is 2.47. The van der Waals surface area contributed by atoms with Crippen LogP contribution >= 0.6 is 15.9 Å². The van der Waals surface area contributed by atoms with Gasteiger partial charge in [-0.15, -0.1) is 0 Å². The first-order chi connectivity index (χ1) is 10.0. The summed E-state index contributed by atoms with van der Waals surface area (Å²) in [5.41, 5.74) is 5.23. The van der Waals surface area contributed by atoms with Crippen LogP contribution in [0.25, 0.3) is 0 Å². The van der Waals surface area contributed by atoms with Crippen molar-refractivity contribution in [3.8, 4) is 5.75 Å². The van der Waals surface area contributed by atoms with Crippen molar-refractivity contribution in [3.05, 3.63) is 63.1 Å². The lowest BCUT2D eigenvalue weighted by Gasteiger charge is -2.18. The van der Waals surface area contributed by atoms with E-state index in [2.05, 4.69) is 72.3 Å². The average molecular weight is 348 g/mol. The molecule has 3 heteroatoms. The molecule has 0 aromatic heterocycles. The predicted octanol–water partition coefficient (Wildman–Crippen LogP) is 4.93. The zero-order valence-electron chi connectivity index (χ0n) is 13.0. The van der Waals surface area contributed by atoms with Crippen LogP contribution in [0.5, 0.6) is 5.75 Å². The van der Waals surface area contributed by atoms with Crippen LogP contribution in [0.4, 0.5) is 0 Å². The lowest BCUT2D eigenvalue weighted by Crippen LogP contribution is -2.19. The van der Waals surface area contributed by atoms with Gasteiger partial charge in [-0.3, -0.25) is 0 Å². The van der Waals surface area contributed by atoms with Crippen molar-refractivity contribution >= 4 is 15.9 Å². The van der Waals surface area contributed by atoms with Gasteiger partial charge >= 0.3 is 0 Å². The zero-order valence-corrected chi connectivity index (χ0v) is 14.6. The summed E-state index contributed by atoms with van der Waals surface area (Å²) >= 11 is 3.53. The maximum Gasteiger partial charge on any atom is 0.133 e. The van der Waals surface area contributed by atoms with Crippen molar-refractivity contribution in [3.63, 3.8) is 0 Å². The third kappa shape index (κ3) is 4.08. The SMILES string of the molecule is COc1ccc(CNC(C)c2cc(C)ccc2C)cc1Br. The molecule has 0 aliphatic carbocycles. The van der Waals surface area contributed by atoms with Gasteiger partial charge in [-0.25, -0.2) is 0 Å². The van der Waals surface area contributed by atoms with E-state index in [4.69, 9.17) is 4.74 Å². The summed E-state index contributed by atoms with van der Waals surface area (Å²) in [6.07, 6.45) is 0. The molecule has 1 N–H and O–H groups in total. The van der Waals surface area contributed by atoms with Crippen LogP contribution < -0.4 is 10.1 Å². The third-order valence-corrected chi connectivity index (χ3v) is 4.35. The number of rotatable bonds is 5. The van der Waals surface area contributed by atoms with Gasteiger partial charge in [0.2, 0.25) is 0 Å². The van der Waals surface area contributed by atoms with Crippen molar-refractivity contribution < 1.29 is 4.74 Å². The van der Waals surface area contributed by atoms with Gasteiger partial charge in [0.25, 0.3) is 0 Å². The molecule has 2 nitrogen and oxygen atoms in total. The van der Waals surface area contributed by atoms with Crippen LogP contribution in [0, 0.1) is 13.8 Å². The van der Waals surface area contributed by atoms with Crippen molar-refractivity contribution in [2.24, 2.45) is 0 Å². The lowest BCUT2D eigenvalue weighted by molar-refractivity contribution is 0.412. The zero-order chi connectivity index (χ0) is 15.4. The Balaban J connectivity index is 2.05. The third-order valence-electron chi connectivity index (χ3n) is 3.73. The van der Waals surface area contributed by atoms with Gasteiger partial charge in [-0.05, 0) is 65.5 Å². The largest absolute Gasteiger partial charge is 0.496 e. The molecule has 0 saturated heterocycles. The molecule has 0 aliphatic heterocycles. The van der Waals surface area contributed by atoms with Crippen LogP contribution in [0.1, 0.15) is 35.2 Å². The summed E-state index contributed by atoms with van der Waals surface area (Å²) in [7, 11) is 1.68. The molecule has 0 spiro atoms. The molecule has 1 atom stereocenters. The fourth-order valence-electron chi connectivity index (χ4n) is 2.43. The molecule has 0 radical (unpaired) electrons. The number of methoxy groups -OCH3 is 1. The highest BCUT2D eigenvalue weighted by molar-refractivity contribution is 9.10. The van der Waals surface area contributed by atoms with E-state index in [0.29, 0.717) is 6.04 Å². The standard InChI is InChI=1S/C18H22BrNO/c1-12-5-6-13(2)16(9-12)14(3)20-11-15-7-8-18(21-4)17(19)10-15/h5-10,14,20H,11H2,1-4H3. The summed E-state index contributed by atoms with van der Waals surface area (Å²) in [4.78, 5) is 0. The van der Waals surface area contributed by atoms with Crippen LogP contribution in [-0.2, 0) is 6.54 Å². The molecular weight excluding hydrogens is 326 g/mol. The Kier molecular flexibility index (Phi) is 5.43. The highest BCUT2D eigenvalue weighted by Crippen LogP contribution is 2.26. The smallest absolute Gasteiger partial charge is 0.133 e. The van der Waals surface area contributed by atoms with Crippen LogP contribution in [0.15, 0.2) is 40.9 Å². The number of benzene rings is 2. The first kappa shape index (κ1) is 16.1. The van der Waals surface area contributed by atoms with E-state index in [-0.39, 0.29) is 0 Å². The minimum absolute atomic E-state index is 0.325. The maximum absolute atomic E-state index is 5.26. The van der Waals surface area contributed by atoms with Crippen molar-refractivity contribution in [1.29, 1.82) is 0 Å². The summed E-state index contributed by atoms with van der Waals surface area (Å²) in [5.74, 6) is 0.862. The second-order valence-electron chi connectivity index (χ2n) is 5.43. The number of hydrogen-bond donors (Lipinski definition) is 1. The van der Waals surface area contributed by atoms with E-state index >= 15 is 0 Å². The van der Waals surface area contributed by atoms with Crippen molar-refractivity contribution in [1.82, 2.24) is 5.32 Å². The minimum atomic E-state index is 0.325. The lowest BCUT2D eigenvalue weighted by atomic mass is 10.00. The van der Waals surface area contributed by atoms with E-state index in [1.807, 2.05) is 6.07 Å². The van der Waals surface area contributed by atoms with E-state index in [1.165, 1.54) is 22.3 Å². The molecule has 1 unspecified atom stereocenters. The maximum atomic E-state index is 5.26. The van der Waals surface area contributed by atoms with Gasteiger partial charge < -0.3 is 10.1 Å². The Morgan fingerprint density at radius 3 is 2.57 bits per heavy atom. The van der Waals surface area contributed by atoms with Gasteiger partial charge in [0, 0.05) is 12.6 Å². The highest BCUT2D eigenvalue weighted by Gasteiger charge is 2.09. The van der Waals surface area contributed by atoms with Gasteiger partial charge in [-0.2, -0.15) is 0 Å². The summed E-state index contributed by atoms with van der Waals surface area (Å²) in [6, 6.07) is 13.1. The fraction of sp³-hybridized carbons (Fsp3) is 0.333. The second kappa shape index (κ2) is 7.10.